The van der Waals surface area contributed by atoms with E-state index in [1.807, 2.05) is 0 Å². The van der Waals surface area contributed by atoms with E-state index in [0.717, 1.165) is 5.56 Å². The van der Waals surface area contributed by atoms with Crippen molar-refractivity contribution in [3.63, 3.8) is 0 Å². The quantitative estimate of drug-likeness (QED) is 0.434. The second-order valence-corrected chi connectivity index (χ2v) is 3.96. The molecule has 0 heterocycles. The third kappa shape index (κ3) is 5.25. The summed E-state index contributed by atoms with van der Waals surface area (Å²) >= 11 is 0. The van der Waals surface area contributed by atoms with Crippen LogP contribution in [0.2, 0.25) is 0 Å². The first-order chi connectivity index (χ1) is 10.1. The van der Waals surface area contributed by atoms with Crippen LogP contribution < -0.4 is 4.74 Å². The van der Waals surface area contributed by atoms with Gasteiger partial charge in [0.1, 0.15) is 5.75 Å². The molecule has 0 radical (unpaired) electrons. The van der Waals surface area contributed by atoms with Crippen molar-refractivity contribution < 1.29 is 23.8 Å². The normalized spacial score (nSPS) is 10.7. The van der Waals surface area contributed by atoms with Crippen molar-refractivity contribution in [1.29, 1.82) is 0 Å². The SMILES string of the molecule is CCOC(=O)C(N=Cc1ccc(OC)cc1)C(=O)OCC. The van der Waals surface area contributed by atoms with Crippen LogP contribution in [0.1, 0.15) is 19.4 Å². The Morgan fingerprint density at radius 2 is 1.62 bits per heavy atom. The van der Waals surface area contributed by atoms with Gasteiger partial charge in [-0.3, -0.25) is 4.99 Å². The molecule has 0 unspecified atom stereocenters. The highest BCUT2D eigenvalue weighted by atomic mass is 16.6. The molecule has 0 aliphatic rings. The van der Waals surface area contributed by atoms with Crippen molar-refractivity contribution >= 4 is 18.2 Å². The summed E-state index contributed by atoms with van der Waals surface area (Å²) in [6.07, 6.45) is 1.43. The summed E-state index contributed by atoms with van der Waals surface area (Å²) in [7, 11) is 1.57. The average Bonchev–Trinajstić information content (AvgIpc) is 2.48. The lowest BCUT2D eigenvalue weighted by Crippen LogP contribution is -2.32. The van der Waals surface area contributed by atoms with Crippen molar-refractivity contribution in [3.8, 4) is 5.75 Å². The van der Waals surface area contributed by atoms with Gasteiger partial charge in [0.2, 0.25) is 6.04 Å². The summed E-state index contributed by atoms with van der Waals surface area (Å²) in [5, 5.41) is 0. The minimum absolute atomic E-state index is 0.173. The monoisotopic (exact) mass is 293 g/mol. The van der Waals surface area contributed by atoms with E-state index in [4.69, 9.17) is 14.2 Å². The second-order valence-electron chi connectivity index (χ2n) is 3.96. The van der Waals surface area contributed by atoms with Gasteiger partial charge in [0, 0.05) is 6.21 Å². The Hall–Kier alpha value is -2.37. The number of ether oxygens (including phenoxy) is 3. The van der Waals surface area contributed by atoms with Gasteiger partial charge in [0.15, 0.2) is 0 Å². The van der Waals surface area contributed by atoms with Crippen molar-refractivity contribution in [2.75, 3.05) is 20.3 Å². The van der Waals surface area contributed by atoms with Crippen molar-refractivity contribution in [2.24, 2.45) is 4.99 Å². The van der Waals surface area contributed by atoms with E-state index in [9.17, 15) is 9.59 Å². The predicted molar refractivity (Wildman–Crippen MR) is 77.6 cm³/mol. The van der Waals surface area contributed by atoms with E-state index in [1.165, 1.54) is 6.21 Å². The van der Waals surface area contributed by atoms with Crippen LogP contribution in [-0.4, -0.2) is 44.5 Å². The van der Waals surface area contributed by atoms with Gasteiger partial charge < -0.3 is 14.2 Å². The van der Waals surface area contributed by atoms with Crippen LogP contribution in [0, 0.1) is 0 Å². The Kier molecular flexibility index (Phi) is 6.94. The summed E-state index contributed by atoms with van der Waals surface area (Å²) in [6, 6.07) is 5.73. The number of carbonyl (C=O) groups excluding carboxylic acids is 2. The third-order valence-electron chi connectivity index (χ3n) is 2.51. The maximum atomic E-state index is 11.7. The van der Waals surface area contributed by atoms with Crippen LogP contribution in [-0.2, 0) is 19.1 Å². The number of benzene rings is 1. The zero-order valence-electron chi connectivity index (χ0n) is 12.4. The first-order valence-electron chi connectivity index (χ1n) is 6.62. The molecule has 0 aliphatic carbocycles. The fraction of sp³-hybridized carbons (Fsp3) is 0.400. The van der Waals surface area contributed by atoms with E-state index >= 15 is 0 Å². The Bertz CT molecular complexity index is 477. The molecule has 6 nitrogen and oxygen atoms in total. The number of nitrogens with zero attached hydrogens (tertiary/aromatic N) is 1. The molecule has 6 heteroatoms. The molecule has 0 fully saturated rings. The number of rotatable bonds is 7. The van der Waals surface area contributed by atoms with Gasteiger partial charge in [-0.2, -0.15) is 0 Å². The number of hydrogen-bond donors (Lipinski definition) is 0. The van der Waals surface area contributed by atoms with E-state index in [-0.39, 0.29) is 13.2 Å². The smallest absolute Gasteiger partial charge is 0.342 e. The Labute approximate surface area is 123 Å². The van der Waals surface area contributed by atoms with Gasteiger partial charge in [-0.05, 0) is 43.7 Å². The van der Waals surface area contributed by atoms with Crippen LogP contribution in [0.5, 0.6) is 5.75 Å². The summed E-state index contributed by atoms with van der Waals surface area (Å²) in [5.41, 5.74) is 0.731. The maximum absolute atomic E-state index is 11.7. The molecule has 0 saturated carbocycles. The van der Waals surface area contributed by atoms with Gasteiger partial charge in [-0.1, -0.05) is 0 Å². The number of hydrogen-bond acceptors (Lipinski definition) is 6. The van der Waals surface area contributed by atoms with E-state index < -0.39 is 18.0 Å². The molecule has 114 valence electrons. The van der Waals surface area contributed by atoms with Crippen molar-refractivity contribution in [2.45, 2.75) is 19.9 Å². The second kappa shape index (κ2) is 8.73. The maximum Gasteiger partial charge on any atom is 0.342 e. The van der Waals surface area contributed by atoms with Crippen molar-refractivity contribution in [3.05, 3.63) is 29.8 Å². The van der Waals surface area contributed by atoms with E-state index in [2.05, 4.69) is 4.99 Å². The van der Waals surface area contributed by atoms with Crippen LogP contribution in [0.25, 0.3) is 0 Å². The summed E-state index contributed by atoms with van der Waals surface area (Å²) in [5.74, 6) is -0.735. The average molecular weight is 293 g/mol. The number of aliphatic imine (C=N–C) groups is 1. The molecule has 0 aromatic heterocycles. The first-order valence-corrected chi connectivity index (χ1v) is 6.62. The standard InChI is InChI=1S/C15H19NO5/c1-4-20-14(17)13(15(18)21-5-2)16-10-11-6-8-12(19-3)9-7-11/h6-10,13H,4-5H2,1-3H3. The van der Waals surface area contributed by atoms with Gasteiger partial charge in [-0.25, -0.2) is 9.59 Å². The Morgan fingerprint density at radius 3 is 2.05 bits per heavy atom. The summed E-state index contributed by atoms with van der Waals surface area (Å²) < 4.78 is 14.7. The predicted octanol–water partition coefficient (Wildman–Crippen LogP) is 1.61. The largest absolute Gasteiger partial charge is 0.497 e. The third-order valence-corrected chi connectivity index (χ3v) is 2.51. The summed E-state index contributed by atoms with van der Waals surface area (Å²) in [6.45, 7) is 3.67. The summed E-state index contributed by atoms with van der Waals surface area (Å²) in [4.78, 5) is 27.4. The Morgan fingerprint density at radius 1 is 1.10 bits per heavy atom. The molecule has 0 spiro atoms. The minimum Gasteiger partial charge on any atom is -0.497 e. The van der Waals surface area contributed by atoms with Gasteiger partial charge in [0.05, 0.1) is 20.3 Å². The molecule has 21 heavy (non-hydrogen) atoms. The number of esters is 2. The fourth-order valence-electron chi connectivity index (χ4n) is 1.51. The van der Waals surface area contributed by atoms with Gasteiger partial charge >= 0.3 is 11.9 Å². The van der Waals surface area contributed by atoms with Crippen LogP contribution in [0.15, 0.2) is 29.3 Å². The lowest BCUT2D eigenvalue weighted by Gasteiger charge is -2.10. The molecule has 0 aliphatic heterocycles. The molecule has 0 N–H and O–H groups in total. The molecule has 0 bridgehead atoms. The van der Waals surface area contributed by atoms with Crippen LogP contribution in [0.3, 0.4) is 0 Å². The molecule has 1 aromatic rings. The zero-order valence-corrected chi connectivity index (χ0v) is 12.4. The molecule has 0 atom stereocenters. The molecule has 0 amide bonds. The molecule has 1 rings (SSSR count). The highest BCUT2D eigenvalue weighted by Gasteiger charge is 2.28. The lowest BCUT2D eigenvalue weighted by atomic mass is 10.2. The molecule has 0 saturated heterocycles. The molecular formula is C15H19NO5. The van der Waals surface area contributed by atoms with E-state index in [1.54, 1.807) is 45.2 Å². The van der Waals surface area contributed by atoms with E-state index in [0.29, 0.717) is 5.75 Å². The van der Waals surface area contributed by atoms with Crippen molar-refractivity contribution in [1.82, 2.24) is 0 Å². The highest BCUT2D eigenvalue weighted by Crippen LogP contribution is 2.10. The highest BCUT2D eigenvalue weighted by molar-refractivity contribution is 6.01. The van der Waals surface area contributed by atoms with Gasteiger partial charge in [0.25, 0.3) is 0 Å². The lowest BCUT2D eigenvalue weighted by molar-refractivity contribution is -0.156. The minimum atomic E-state index is -1.30. The molecule has 1 aromatic carbocycles. The topological polar surface area (TPSA) is 74.2 Å². The number of carbonyl (C=O) groups is 2. The van der Waals surface area contributed by atoms with Crippen LogP contribution in [0.4, 0.5) is 0 Å². The van der Waals surface area contributed by atoms with Gasteiger partial charge in [-0.15, -0.1) is 0 Å². The first kappa shape index (κ1) is 16.7. The number of methoxy groups -OCH3 is 1. The van der Waals surface area contributed by atoms with Crippen LogP contribution >= 0.6 is 0 Å². The Balaban J connectivity index is 2.85. The fourth-order valence-corrected chi connectivity index (χ4v) is 1.51. The molecular weight excluding hydrogens is 274 g/mol. The zero-order chi connectivity index (χ0) is 15.7.